The summed E-state index contributed by atoms with van der Waals surface area (Å²) in [5.74, 6) is -2.29. The second-order valence-corrected chi connectivity index (χ2v) is 4.03. The van der Waals surface area contributed by atoms with Crippen LogP contribution in [0.1, 0.15) is 25.7 Å². The van der Waals surface area contributed by atoms with Gasteiger partial charge in [-0.1, -0.05) is 0 Å². The number of hydrogen-bond donors (Lipinski definition) is 3. The van der Waals surface area contributed by atoms with Crippen LogP contribution in [0.4, 0.5) is 0 Å². The first kappa shape index (κ1) is 16.4. The van der Waals surface area contributed by atoms with Crippen molar-refractivity contribution in [3.63, 3.8) is 0 Å². The first-order valence-corrected chi connectivity index (χ1v) is 5.79. The second-order valence-electron chi connectivity index (χ2n) is 4.03. The fourth-order valence-electron chi connectivity index (χ4n) is 1.59. The molecular weight excluding hydrogens is 242 g/mol. The van der Waals surface area contributed by atoms with Gasteiger partial charge < -0.3 is 19.8 Å². The van der Waals surface area contributed by atoms with Gasteiger partial charge in [0.15, 0.2) is 13.1 Å². The Morgan fingerprint density at radius 1 is 1.00 bits per heavy atom. The van der Waals surface area contributed by atoms with Crippen molar-refractivity contribution in [3.8, 4) is 0 Å². The van der Waals surface area contributed by atoms with Crippen LogP contribution in [0.25, 0.3) is 0 Å². The van der Waals surface area contributed by atoms with Crippen LogP contribution in [0.5, 0.6) is 0 Å². The number of carbonyl (C=O) groups is 3. The summed E-state index contributed by atoms with van der Waals surface area (Å²) in [6.07, 6.45) is 2.44. The van der Waals surface area contributed by atoms with Crippen molar-refractivity contribution in [2.45, 2.75) is 25.7 Å². The van der Waals surface area contributed by atoms with Gasteiger partial charge in [0.2, 0.25) is 0 Å². The minimum Gasteiger partial charge on any atom is -0.477 e. The summed E-state index contributed by atoms with van der Waals surface area (Å²) in [6.45, 7) is 0.0619. The van der Waals surface area contributed by atoms with Crippen molar-refractivity contribution in [1.82, 2.24) is 0 Å². The maximum absolute atomic E-state index is 10.8. The molecule has 7 nitrogen and oxygen atoms in total. The third-order valence-electron chi connectivity index (χ3n) is 2.44. The molecule has 0 amide bonds. The summed E-state index contributed by atoms with van der Waals surface area (Å²) < 4.78 is 4.48. The molecule has 0 radical (unpaired) electrons. The number of hydrogen-bond acceptors (Lipinski definition) is 4. The monoisotopic (exact) mass is 262 g/mol. The minimum atomic E-state index is -1.01. The number of rotatable bonds is 10. The molecular formula is C11H20NO6+. The number of methoxy groups -OCH3 is 1. The third kappa shape index (κ3) is 9.59. The Hall–Kier alpha value is -1.63. The lowest BCUT2D eigenvalue weighted by Crippen LogP contribution is -3.13. The molecule has 0 aliphatic rings. The predicted octanol–water partition coefficient (Wildman–Crippen LogP) is -1.23. The number of quaternary nitrogens is 1. The fraction of sp³-hybridized carbons (Fsp3) is 0.727. The van der Waals surface area contributed by atoms with Gasteiger partial charge in [0.05, 0.1) is 13.7 Å². The molecule has 3 N–H and O–H groups in total. The van der Waals surface area contributed by atoms with Crippen LogP contribution in [0.15, 0.2) is 0 Å². The van der Waals surface area contributed by atoms with Crippen LogP contribution < -0.4 is 4.90 Å². The summed E-state index contributed by atoms with van der Waals surface area (Å²) in [4.78, 5) is 32.4. The number of carbonyl (C=O) groups excluding carboxylic acids is 1. The van der Waals surface area contributed by atoms with Gasteiger partial charge in [-0.05, 0) is 19.3 Å². The molecule has 0 aromatic heterocycles. The van der Waals surface area contributed by atoms with E-state index >= 15 is 0 Å². The molecule has 0 atom stereocenters. The zero-order valence-corrected chi connectivity index (χ0v) is 10.5. The SMILES string of the molecule is COC(=O)CCCCC[NH+](CC(=O)O)CC(=O)O. The lowest BCUT2D eigenvalue weighted by Gasteiger charge is -2.14. The highest BCUT2D eigenvalue weighted by atomic mass is 16.5. The molecule has 0 rings (SSSR count). The van der Waals surface area contributed by atoms with Gasteiger partial charge in [0.1, 0.15) is 0 Å². The first-order chi connectivity index (χ1) is 8.45. The Kier molecular flexibility index (Phi) is 8.55. The van der Waals surface area contributed by atoms with Crippen LogP contribution in [-0.2, 0) is 19.1 Å². The summed E-state index contributed by atoms with van der Waals surface area (Å²) in [6, 6.07) is 0. The number of aliphatic carboxylic acids is 2. The molecule has 0 aliphatic carbocycles. The zero-order valence-electron chi connectivity index (χ0n) is 10.5. The van der Waals surface area contributed by atoms with Crippen molar-refractivity contribution in [2.24, 2.45) is 0 Å². The summed E-state index contributed by atoms with van der Waals surface area (Å²) in [7, 11) is 1.33. The van der Waals surface area contributed by atoms with E-state index in [0.717, 1.165) is 6.42 Å². The van der Waals surface area contributed by atoms with E-state index in [2.05, 4.69) is 4.74 Å². The summed E-state index contributed by atoms with van der Waals surface area (Å²) in [5, 5.41) is 17.3. The molecule has 0 saturated carbocycles. The number of carboxylic acids is 2. The Bertz CT molecular complexity index is 275. The highest BCUT2D eigenvalue weighted by Crippen LogP contribution is 1.99. The molecule has 0 unspecified atom stereocenters. The lowest BCUT2D eigenvalue weighted by molar-refractivity contribution is -0.885. The molecule has 7 heteroatoms. The normalized spacial score (nSPS) is 10.3. The topological polar surface area (TPSA) is 105 Å². The molecule has 104 valence electrons. The Morgan fingerprint density at radius 3 is 2.00 bits per heavy atom. The van der Waals surface area contributed by atoms with E-state index in [1.165, 1.54) is 7.11 Å². The van der Waals surface area contributed by atoms with E-state index in [4.69, 9.17) is 10.2 Å². The van der Waals surface area contributed by atoms with Crippen LogP contribution in [0.3, 0.4) is 0 Å². The zero-order chi connectivity index (χ0) is 14.0. The lowest BCUT2D eigenvalue weighted by atomic mass is 10.2. The van der Waals surface area contributed by atoms with Gasteiger partial charge in [-0.2, -0.15) is 0 Å². The van der Waals surface area contributed by atoms with Crippen molar-refractivity contribution >= 4 is 17.9 Å². The Balaban J connectivity index is 3.78. The standard InChI is InChI=1S/C11H19NO6/c1-18-11(17)5-3-2-4-6-12(7-9(13)14)8-10(15)16/h2-8H2,1H3,(H,13,14)(H,15,16)/p+1. The molecule has 0 spiro atoms. The molecule has 0 heterocycles. The molecule has 0 aromatic carbocycles. The maximum Gasteiger partial charge on any atom is 0.359 e. The molecule has 0 aliphatic heterocycles. The van der Waals surface area contributed by atoms with Crippen LogP contribution >= 0.6 is 0 Å². The van der Waals surface area contributed by atoms with Crippen molar-refractivity contribution in [2.75, 3.05) is 26.7 Å². The van der Waals surface area contributed by atoms with E-state index < -0.39 is 11.9 Å². The fourth-order valence-corrected chi connectivity index (χ4v) is 1.59. The molecule has 0 fully saturated rings. The Labute approximate surface area is 105 Å². The molecule has 0 aromatic rings. The van der Waals surface area contributed by atoms with Crippen LogP contribution in [-0.4, -0.2) is 54.9 Å². The van der Waals surface area contributed by atoms with E-state index in [9.17, 15) is 14.4 Å². The highest BCUT2D eigenvalue weighted by molar-refractivity contribution is 5.70. The predicted molar refractivity (Wildman–Crippen MR) is 61.3 cm³/mol. The quantitative estimate of drug-likeness (QED) is 0.336. The van der Waals surface area contributed by atoms with Gasteiger partial charge in [-0.15, -0.1) is 0 Å². The number of carboxylic acid groups (broad SMARTS) is 2. The van der Waals surface area contributed by atoms with E-state index in [0.29, 0.717) is 30.7 Å². The molecule has 18 heavy (non-hydrogen) atoms. The van der Waals surface area contributed by atoms with E-state index in [1.807, 2.05) is 0 Å². The summed E-state index contributed by atoms with van der Waals surface area (Å²) in [5.41, 5.74) is 0. The maximum atomic E-state index is 10.8. The van der Waals surface area contributed by atoms with Crippen LogP contribution in [0.2, 0.25) is 0 Å². The van der Waals surface area contributed by atoms with Crippen molar-refractivity contribution in [3.05, 3.63) is 0 Å². The van der Waals surface area contributed by atoms with Gasteiger partial charge in [0, 0.05) is 6.42 Å². The smallest absolute Gasteiger partial charge is 0.359 e. The number of ether oxygens (including phenoxy) is 1. The largest absolute Gasteiger partial charge is 0.477 e. The first-order valence-electron chi connectivity index (χ1n) is 5.79. The second kappa shape index (κ2) is 9.41. The number of unbranched alkanes of at least 4 members (excludes halogenated alkanes) is 2. The number of nitrogens with one attached hydrogen (secondary N) is 1. The van der Waals surface area contributed by atoms with Gasteiger partial charge in [0.25, 0.3) is 0 Å². The summed E-state index contributed by atoms with van der Waals surface area (Å²) >= 11 is 0. The van der Waals surface area contributed by atoms with Gasteiger partial charge >= 0.3 is 17.9 Å². The minimum absolute atomic E-state index is 0.205. The van der Waals surface area contributed by atoms with Crippen molar-refractivity contribution in [1.29, 1.82) is 0 Å². The van der Waals surface area contributed by atoms with Crippen molar-refractivity contribution < 1.29 is 34.2 Å². The molecule has 0 saturated heterocycles. The van der Waals surface area contributed by atoms with Gasteiger partial charge in [-0.3, -0.25) is 4.79 Å². The highest BCUT2D eigenvalue weighted by Gasteiger charge is 2.16. The van der Waals surface area contributed by atoms with E-state index in [1.54, 1.807) is 0 Å². The van der Waals surface area contributed by atoms with Gasteiger partial charge in [-0.25, -0.2) is 9.59 Å². The average Bonchev–Trinajstić information content (AvgIpc) is 2.26. The third-order valence-corrected chi connectivity index (χ3v) is 2.44. The van der Waals surface area contributed by atoms with Crippen LogP contribution in [0, 0.1) is 0 Å². The van der Waals surface area contributed by atoms with E-state index in [-0.39, 0.29) is 19.1 Å². The molecule has 0 bridgehead atoms. The average molecular weight is 262 g/mol. The Morgan fingerprint density at radius 2 is 1.56 bits per heavy atom. The number of esters is 1.